The van der Waals surface area contributed by atoms with Crippen LogP contribution in [0.4, 0.5) is 0 Å². The molecule has 1 heterocycles. The second-order valence-corrected chi connectivity index (χ2v) is 8.30. The molecule has 0 saturated heterocycles. The lowest BCUT2D eigenvalue weighted by molar-refractivity contribution is 0.0946. The Morgan fingerprint density at radius 3 is 2.41 bits per heavy atom. The number of carbonyl (C=O) groups is 2. The van der Waals surface area contributed by atoms with Crippen LogP contribution in [0.25, 0.3) is 22.0 Å². The summed E-state index contributed by atoms with van der Waals surface area (Å²) in [7, 11) is 1.64. The highest BCUT2D eigenvalue weighted by Gasteiger charge is 2.25. The van der Waals surface area contributed by atoms with Crippen LogP contribution in [0.5, 0.6) is 0 Å². The number of hydrogen-bond acceptors (Lipinski definition) is 2. The SMILES string of the molecule is CNC(=O)c1cc2c(-c3ccc(C(=O)NCC4CC4)cc3)cc(C3CC3)cc2[nH]1. The summed E-state index contributed by atoms with van der Waals surface area (Å²) in [5.41, 5.74) is 5.69. The summed E-state index contributed by atoms with van der Waals surface area (Å²) < 4.78 is 0. The number of hydrogen-bond donors (Lipinski definition) is 3. The minimum Gasteiger partial charge on any atom is -0.354 e. The van der Waals surface area contributed by atoms with Gasteiger partial charge in [0.2, 0.25) is 0 Å². The van der Waals surface area contributed by atoms with E-state index in [1.54, 1.807) is 7.05 Å². The van der Waals surface area contributed by atoms with Gasteiger partial charge in [-0.3, -0.25) is 9.59 Å². The Morgan fingerprint density at radius 2 is 1.76 bits per heavy atom. The molecule has 3 N–H and O–H groups in total. The lowest BCUT2D eigenvalue weighted by Crippen LogP contribution is -2.25. The van der Waals surface area contributed by atoms with Crippen LogP contribution in [0, 0.1) is 5.92 Å². The van der Waals surface area contributed by atoms with Gasteiger partial charge in [-0.25, -0.2) is 0 Å². The first kappa shape index (κ1) is 18.0. The molecule has 0 unspecified atom stereocenters. The fraction of sp³-hybridized carbons (Fsp3) is 0.333. The van der Waals surface area contributed by atoms with E-state index in [0.717, 1.165) is 28.6 Å². The molecule has 0 aliphatic heterocycles. The number of fused-ring (bicyclic) bond motifs is 1. The third-order valence-electron chi connectivity index (χ3n) is 5.99. The fourth-order valence-corrected chi connectivity index (χ4v) is 3.87. The molecule has 3 aromatic rings. The van der Waals surface area contributed by atoms with Crippen LogP contribution >= 0.6 is 0 Å². The van der Waals surface area contributed by atoms with Gasteiger partial charge in [-0.1, -0.05) is 18.2 Å². The van der Waals surface area contributed by atoms with Crippen LogP contribution in [-0.4, -0.2) is 30.4 Å². The van der Waals surface area contributed by atoms with Crippen molar-refractivity contribution in [1.82, 2.24) is 15.6 Å². The van der Waals surface area contributed by atoms with E-state index in [-0.39, 0.29) is 11.8 Å². The minimum absolute atomic E-state index is 0.0103. The molecule has 2 aliphatic rings. The molecule has 2 saturated carbocycles. The molecule has 2 amide bonds. The highest BCUT2D eigenvalue weighted by atomic mass is 16.2. The van der Waals surface area contributed by atoms with Crippen LogP contribution in [0.2, 0.25) is 0 Å². The Hall–Kier alpha value is -3.08. The first-order valence-corrected chi connectivity index (χ1v) is 10.4. The molecule has 2 fully saturated rings. The molecule has 29 heavy (non-hydrogen) atoms. The van der Waals surface area contributed by atoms with Crippen molar-refractivity contribution < 1.29 is 9.59 Å². The van der Waals surface area contributed by atoms with Gasteiger partial charge >= 0.3 is 0 Å². The van der Waals surface area contributed by atoms with Crippen LogP contribution < -0.4 is 10.6 Å². The van der Waals surface area contributed by atoms with E-state index in [4.69, 9.17) is 0 Å². The van der Waals surface area contributed by atoms with Crippen molar-refractivity contribution in [2.75, 3.05) is 13.6 Å². The molecule has 2 aromatic carbocycles. The standard InChI is InChI=1S/C24H25N3O2/c1-25-24(29)22-12-20-19(10-18(15-4-5-15)11-21(20)27-22)16-6-8-17(9-7-16)23(28)26-13-14-2-3-14/h6-12,14-15,27H,2-5,13H2,1H3,(H,25,29)(H,26,28). The molecule has 2 aliphatic carbocycles. The first-order valence-electron chi connectivity index (χ1n) is 10.4. The molecule has 1 aromatic heterocycles. The largest absolute Gasteiger partial charge is 0.354 e. The third-order valence-corrected chi connectivity index (χ3v) is 5.99. The molecule has 5 rings (SSSR count). The van der Waals surface area contributed by atoms with Gasteiger partial charge in [0.1, 0.15) is 5.69 Å². The van der Waals surface area contributed by atoms with Crippen LogP contribution in [0.1, 0.15) is 58.0 Å². The highest BCUT2D eigenvalue weighted by molar-refractivity contribution is 6.03. The van der Waals surface area contributed by atoms with Gasteiger partial charge in [0.15, 0.2) is 0 Å². The first-order chi connectivity index (χ1) is 14.1. The minimum atomic E-state index is -0.122. The summed E-state index contributed by atoms with van der Waals surface area (Å²) in [4.78, 5) is 27.7. The Bertz CT molecular complexity index is 1090. The smallest absolute Gasteiger partial charge is 0.267 e. The topological polar surface area (TPSA) is 74.0 Å². The van der Waals surface area contributed by atoms with Crippen molar-refractivity contribution in [1.29, 1.82) is 0 Å². The Labute approximate surface area is 169 Å². The quantitative estimate of drug-likeness (QED) is 0.593. The van der Waals surface area contributed by atoms with Crippen molar-refractivity contribution in [2.45, 2.75) is 31.6 Å². The summed E-state index contributed by atoms with van der Waals surface area (Å²) in [6.07, 6.45) is 4.88. The predicted molar refractivity (Wildman–Crippen MR) is 114 cm³/mol. The van der Waals surface area contributed by atoms with Crippen molar-refractivity contribution in [3.8, 4) is 11.1 Å². The van der Waals surface area contributed by atoms with Crippen LogP contribution in [0.3, 0.4) is 0 Å². The second kappa shape index (κ2) is 7.07. The summed E-state index contributed by atoms with van der Waals surface area (Å²) in [5.74, 6) is 1.14. The molecule has 5 nitrogen and oxygen atoms in total. The van der Waals surface area contributed by atoms with E-state index in [1.807, 2.05) is 30.3 Å². The summed E-state index contributed by atoms with van der Waals surface area (Å²) >= 11 is 0. The van der Waals surface area contributed by atoms with Crippen LogP contribution in [0.15, 0.2) is 42.5 Å². The molecule has 0 bridgehead atoms. The number of carbonyl (C=O) groups excluding carboxylic acids is 2. The zero-order valence-electron chi connectivity index (χ0n) is 16.5. The van der Waals surface area contributed by atoms with Crippen molar-refractivity contribution in [2.24, 2.45) is 5.92 Å². The molecular weight excluding hydrogens is 362 g/mol. The van der Waals surface area contributed by atoms with Crippen molar-refractivity contribution in [3.05, 3.63) is 59.3 Å². The van der Waals surface area contributed by atoms with Gasteiger partial charge in [-0.05, 0) is 78.5 Å². The number of nitrogens with one attached hydrogen (secondary N) is 3. The lowest BCUT2D eigenvalue weighted by Gasteiger charge is -2.09. The maximum absolute atomic E-state index is 12.3. The van der Waals surface area contributed by atoms with Crippen molar-refractivity contribution in [3.63, 3.8) is 0 Å². The number of aromatic nitrogens is 1. The number of rotatable bonds is 6. The maximum Gasteiger partial charge on any atom is 0.267 e. The molecule has 148 valence electrons. The molecule has 5 heteroatoms. The van der Waals surface area contributed by atoms with Crippen LogP contribution in [-0.2, 0) is 0 Å². The van der Waals surface area contributed by atoms with E-state index in [1.165, 1.54) is 31.2 Å². The van der Waals surface area contributed by atoms with E-state index in [0.29, 0.717) is 23.1 Å². The number of benzene rings is 2. The maximum atomic E-state index is 12.3. The number of amides is 2. The van der Waals surface area contributed by atoms with E-state index in [2.05, 4.69) is 27.8 Å². The lowest BCUT2D eigenvalue weighted by atomic mass is 9.96. The summed E-state index contributed by atoms with van der Waals surface area (Å²) in [6.45, 7) is 0.774. The highest BCUT2D eigenvalue weighted by Crippen LogP contribution is 2.43. The monoisotopic (exact) mass is 387 g/mol. The van der Waals surface area contributed by atoms with Gasteiger partial charge in [0.25, 0.3) is 11.8 Å². The fourth-order valence-electron chi connectivity index (χ4n) is 3.87. The number of H-pyrrole nitrogens is 1. The molecule has 0 atom stereocenters. The van der Waals surface area contributed by atoms with Gasteiger partial charge in [0.05, 0.1) is 0 Å². The average molecular weight is 387 g/mol. The van der Waals surface area contributed by atoms with E-state index < -0.39 is 0 Å². The summed E-state index contributed by atoms with van der Waals surface area (Å²) in [5, 5.41) is 6.72. The average Bonchev–Trinajstić information content (AvgIpc) is 3.68. The Kier molecular flexibility index (Phi) is 4.38. The van der Waals surface area contributed by atoms with Gasteiger partial charge < -0.3 is 15.6 Å². The normalized spacial score (nSPS) is 16.0. The zero-order valence-corrected chi connectivity index (χ0v) is 16.5. The Morgan fingerprint density at radius 1 is 1.00 bits per heavy atom. The van der Waals surface area contributed by atoms with Gasteiger partial charge in [-0.15, -0.1) is 0 Å². The molecule has 0 radical (unpaired) electrons. The Balaban J connectivity index is 1.49. The number of aromatic amines is 1. The van der Waals surface area contributed by atoms with Gasteiger partial charge in [0, 0.05) is 30.1 Å². The zero-order chi connectivity index (χ0) is 20.0. The van der Waals surface area contributed by atoms with Crippen molar-refractivity contribution >= 4 is 22.7 Å². The molecule has 0 spiro atoms. The third kappa shape index (κ3) is 3.65. The van der Waals surface area contributed by atoms with E-state index >= 15 is 0 Å². The predicted octanol–water partition coefficient (Wildman–Crippen LogP) is 4.21. The second-order valence-electron chi connectivity index (χ2n) is 8.30. The summed E-state index contributed by atoms with van der Waals surface area (Å²) in [6, 6.07) is 14.1. The molecular formula is C24H25N3O2. The van der Waals surface area contributed by atoms with Gasteiger partial charge in [-0.2, -0.15) is 0 Å². The van der Waals surface area contributed by atoms with E-state index in [9.17, 15) is 9.59 Å².